The van der Waals surface area contributed by atoms with Crippen LogP contribution in [0.2, 0.25) is 0 Å². The van der Waals surface area contributed by atoms with Gasteiger partial charge in [-0.15, -0.1) is 0 Å². The number of hydrogen-bond acceptors (Lipinski definition) is 2. The van der Waals surface area contributed by atoms with E-state index in [-0.39, 0.29) is 5.91 Å². The zero-order valence-corrected chi connectivity index (χ0v) is 12.2. The number of aryl methyl sites for hydroxylation is 2. The zero-order chi connectivity index (χ0) is 13.9. The van der Waals surface area contributed by atoms with Crippen LogP contribution >= 0.6 is 0 Å². The first-order chi connectivity index (χ1) is 9.72. The summed E-state index contributed by atoms with van der Waals surface area (Å²) < 4.78 is 0. The van der Waals surface area contributed by atoms with Crippen molar-refractivity contribution in [3.8, 4) is 0 Å². The Morgan fingerprint density at radius 3 is 2.60 bits per heavy atom. The summed E-state index contributed by atoms with van der Waals surface area (Å²) >= 11 is 0. The first kappa shape index (κ1) is 13.6. The summed E-state index contributed by atoms with van der Waals surface area (Å²) in [4.78, 5) is 13.9. The summed E-state index contributed by atoms with van der Waals surface area (Å²) in [6.45, 7) is 4.04. The lowest BCUT2D eigenvalue weighted by molar-refractivity contribution is -0.884. The van der Waals surface area contributed by atoms with Gasteiger partial charge in [-0.1, -0.05) is 6.07 Å². The fourth-order valence-electron chi connectivity index (χ4n) is 3.08. The van der Waals surface area contributed by atoms with Gasteiger partial charge in [0.2, 0.25) is 0 Å². The van der Waals surface area contributed by atoms with Crippen molar-refractivity contribution in [2.24, 2.45) is 0 Å². The molecule has 0 aromatic heterocycles. The summed E-state index contributed by atoms with van der Waals surface area (Å²) in [6.07, 6.45) is 4.81. The zero-order valence-electron chi connectivity index (χ0n) is 12.2. The highest BCUT2D eigenvalue weighted by atomic mass is 16.2. The molecule has 1 saturated heterocycles. The molecule has 3 rings (SSSR count). The SMILES string of the molecule is C[NH+]1CCN(NC(=O)c2ccc3c(c2)CCCC3)CC1. The second kappa shape index (κ2) is 5.94. The lowest BCUT2D eigenvalue weighted by Crippen LogP contribution is -3.12. The maximum absolute atomic E-state index is 12.3. The molecule has 0 saturated carbocycles. The van der Waals surface area contributed by atoms with Gasteiger partial charge in [-0.3, -0.25) is 10.2 Å². The molecule has 0 spiro atoms. The summed E-state index contributed by atoms with van der Waals surface area (Å²) in [5.41, 5.74) is 6.64. The number of hydrogen-bond donors (Lipinski definition) is 2. The Morgan fingerprint density at radius 2 is 1.85 bits per heavy atom. The minimum atomic E-state index is 0.0397. The predicted octanol–water partition coefficient (Wildman–Crippen LogP) is 0.0405. The van der Waals surface area contributed by atoms with E-state index in [0.29, 0.717) is 0 Å². The quantitative estimate of drug-likeness (QED) is 0.799. The second-order valence-corrected chi connectivity index (χ2v) is 6.08. The molecule has 20 heavy (non-hydrogen) atoms. The summed E-state index contributed by atoms with van der Waals surface area (Å²) in [5.74, 6) is 0.0397. The highest BCUT2D eigenvalue weighted by Crippen LogP contribution is 2.22. The minimum Gasteiger partial charge on any atom is -0.335 e. The van der Waals surface area contributed by atoms with Crippen molar-refractivity contribution in [1.82, 2.24) is 10.4 Å². The number of carbonyl (C=O) groups is 1. The average Bonchev–Trinajstić information content (AvgIpc) is 2.49. The highest BCUT2D eigenvalue weighted by molar-refractivity contribution is 5.94. The molecular weight excluding hydrogens is 250 g/mol. The van der Waals surface area contributed by atoms with Crippen LogP contribution < -0.4 is 10.3 Å². The monoisotopic (exact) mass is 274 g/mol. The van der Waals surface area contributed by atoms with Gasteiger partial charge in [-0.25, -0.2) is 5.01 Å². The van der Waals surface area contributed by atoms with Gasteiger partial charge in [-0.2, -0.15) is 0 Å². The Balaban J connectivity index is 1.65. The first-order valence-corrected chi connectivity index (χ1v) is 7.71. The number of hydrazine groups is 1. The molecule has 1 aliphatic heterocycles. The van der Waals surface area contributed by atoms with Crippen LogP contribution in [-0.4, -0.2) is 44.1 Å². The van der Waals surface area contributed by atoms with Crippen molar-refractivity contribution < 1.29 is 9.69 Å². The molecule has 0 radical (unpaired) electrons. The molecule has 4 nitrogen and oxygen atoms in total. The molecule has 4 heteroatoms. The number of rotatable bonds is 2. The molecule has 1 aromatic rings. The van der Waals surface area contributed by atoms with Crippen LogP contribution in [0.25, 0.3) is 0 Å². The number of fused-ring (bicyclic) bond motifs is 1. The highest BCUT2D eigenvalue weighted by Gasteiger charge is 2.19. The molecule has 0 bridgehead atoms. The minimum absolute atomic E-state index is 0.0397. The normalized spacial score (nSPS) is 20.4. The van der Waals surface area contributed by atoms with Crippen molar-refractivity contribution in [3.05, 3.63) is 34.9 Å². The Bertz CT molecular complexity index is 492. The third kappa shape index (κ3) is 3.02. The van der Waals surface area contributed by atoms with Crippen LogP contribution in [0, 0.1) is 0 Å². The molecule has 2 N–H and O–H groups in total. The van der Waals surface area contributed by atoms with Gasteiger partial charge >= 0.3 is 0 Å². The van der Waals surface area contributed by atoms with Gasteiger partial charge in [0.05, 0.1) is 33.2 Å². The Kier molecular flexibility index (Phi) is 4.03. The molecule has 1 amide bonds. The smallest absolute Gasteiger partial charge is 0.265 e. The van der Waals surface area contributed by atoms with E-state index < -0.39 is 0 Å². The van der Waals surface area contributed by atoms with Crippen LogP contribution in [0.4, 0.5) is 0 Å². The number of likely N-dealkylation sites (N-methyl/N-ethyl adjacent to an activating group) is 1. The van der Waals surface area contributed by atoms with Gasteiger partial charge in [0.1, 0.15) is 0 Å². The van der Waals surface area contributed by atoms with Crippen LogP contribution in [-0.2, 0) is 12.8 Å². The van der Waals surface area contributed by atoms with Gasteiger partial charge < -0.3 is 4.90 Å². The molecule has 2 aliphatic rings. The number of quaternary nitrogens is 1. The van der Waals surface area contributed by atoms with Crippen molar-refractivity contribution in [2.75, 3.05) is 33.2 Å². The van der Waals surface area contributed by atoms with E-state index >= 15 is 0 Å². The van der Waals surface area contributed by atoms with Crippen LogP contribution in [0.5, 0.6) is 0 Å². The van der Waals surface area contributed by atoms with Crippen molar-refractivity contribution in [1.29, 1.82) is 0 Å². The van der Waals surface area contributed by atoms with E-state index in [1.54, 1.807) is 0 Å². The topological polar surface area (TPSA) is 36.8 Å². The number of piperazine rings is 1. The van der Waals surface area contributed by atoms with E-state index in [9.17, 15) is 4.79 Å². The third-order valence-electron chi connectivity index (χ3n) is 4.49. The second-order valence-electron chi connectivity index (χ2n) is 6.08. The molecule has 108 valence electrons. The molecule has 1 fully saturated rings. The Labute approximate surface area is 120 Å². The molecule has 1 aromatic carbocycles. The lowest BCUT2D eigenvalue weighted by atomic mass is 9.90. The number of nitrogens with zero attached hydrogens (tertiary/aromatic N) is 1. The van der Waals surface area contributed by atoms with Crippen molar-refractivity contribution in [2.45, 2.75) is 25.7 Å². The first-order valence-electron chi connectivity index (χ1n) is 7.71. The maximum Gasteiger partial charge on any atom is 0.265 e. The van der Waals surface area contributed by atoms with Crippen LogP contribution in [0.1, 0.15) is 34.3 Å². The van der Waals surface area contributed by atoms with Crippen molar-refractivity contribution >= 4 is 5.91 Å². The van der Waals surface area contributed by atoms with Gasteiger partial charge in [0.25, 0.3) is 5.91 Å². The van der Waals surface area contributed by atoms with Crippen LogP contribution in [0.15, 0.2) is 18.2 Å². The standard InChI is InChI=1S/C16H23N3O/c1-18-8-10-19(11-9-18)17-16(20)15-7-6-13-4-2-3-5-14(13)12-15/h6-7,12H,2-5,8-11H2,1H3,(H,17,20)/p+1. The molecule has 0 unspecified atom stereocenters. The predicted molar refractivity (Wildman–Crippen MR) is 78.7 cm³/mol. The number of nitrogens with one attached hydrogen (secondary N) is 2. The van der Waals surface area contributed by atoms with Crippen LogP contribution in [0.3, 0.4) is 0 Å². The summed E-state index contributed by atoms with van der Waals surface area (Å²) in [7, 11) is 2.20. The third-order valence-corrected chi connectivity index (χ3v) is 4.49. The van der Waals surface area contributed by atoms with E-state index in [2.05, 4.69) is 29.6 Å². The van der Waals surface area contributed by atoms with E-state index in [1.807, 2.05) is 6.07 Å². The Hall–Kier alpha value is -1.39. The van der Waals surface area contributed by atoms with E-state index in [4.69, 9.17) is 0 Å². The molecule has 1 aliphatic carbocycles. The van der Waals surface area contributed by atoms with E-state index in [0.717, 1.165) is 38.2 Å². The summed E-state index contributed by atoms with van der Waals surface area (Å²) in [6, 6.07) is 6.20. The van der Waals surface area contributed by atoms with Crippen molar-refractivity contribution in [3.63, 3.8) is 0 Å². The molecule has 1 heterocycles. The largest absolute Gasteiger partial charge is 0.335 e. The lowest BCUT2D eigenvalue weighted by Gasteiger charge is -2.30. The fraction of sp³-hybridized carbons (Fsp3) is 0.562. The molecular formula is C16H24N3O+. The van der Waals surface area contributed by atoms with E-state index in [1.165, 1.54) is 35.3 Å². The number of benzene rings is 1. The maximum atomic E-state index is 12.3. The van der Waals surface area contributed by atoms with Gasteiger partial charge in [-0.05, 0) is 48.9 Å². The van der Waals surface area contributed by atoms with Gasteiger partial charge in [0, 0.05) is 5.56 Å². The number of amides is 1. The number of carbonyl (C=O) groups excluding carboxylic acids is 1. The summed E-state index contributed by atoms with van der Waals surface area (Å²) in [5, 5.41) is 2.05. The van der Waals surface area contributed by atoms with Gasteiger partial charge in [0.15, 0.2) is 0 Å². The Morgan fingerprint density at radius 1 is 1.15 bits per heavy atom. The average molecular weight is 274 g/mol. The fourth-order valence-corrected chi connectivity index (χ4v) is 3.08. The molecule has 0 atom stereocenters.